The molecule has 1 unspecified atom stereocenters. The highest BCUT2D eigenvalue weighted by Gasteiger charge is 2.05. The molecule has 2 aromatic rings. The summed E-state index contributed by atoms with van der Waals surface area (Å²) in [6.45, 7) is 5.16. The molecule has 116 valence electrons. The normalized spacial score (nSPS) is 12.7. The smallest absolute Gasteiger partial charge is 0.0946 e. The summed E-state index contributed by atoms with van der Waals surface area (Å²) in [7, 11) is 0. The standard InChI is InChI=1S/C14H22N4O2S/c1-12-14(21-11-17-12)2-7-20-9-13(19)8-15-3-5-18-6-4-16-10-18/h4,6,10-11,13,15,19H,2-3,5,7-9H2,1H3. The topological polar surface area (TPSA) is 72.2 Å². The zero-order valence-corrected chi connectivity index (χ0v) is 13.1. The van der Waals surface area contributed by atoms with Crippen molar-refractivity contribution in [1.82, 2.24) is 19.9 Å². The second kappa shape index (κ2) is 8.89. The van der Waals surface area contributed by atoms with Crippen molar-refractivity contribution in [2.24, 2.45) is 0 Å². The SMILES string of the molecule is Cc1ncsc1CCOCC(O)CNCCn1ccnc1. The Balaban J connectivity index is 1.47. The highest BCUT2D eigenvalue weighted by Crippen LogP contribution is 2.12. The Morgan fingerprint density at radius 1 is 1.52 bits per heavy atom. The van der Waals surface area contributed by atoms with Crippen LogP contribution < -0.4 is 5.32 Å². The van der Waals surface area contributed by atoms with E-state index in [1.54, 1.807) is 23.9 Å². The number of aromatic nitrogens is 3. The molecule has 0 aromatic carbocycles. The maximum atomic E-state index is 9.80. The molecule has 0 amide bonds. The molecule has 1 atom stereocenters. The Labute approximate surface area is 128 Å². The Morgan fingerprint density at radius 2 is 2.43 bits per heavy atom. The first-order chi connectivity index (χ1) is 10.3. The van der Waals surface area contributed by atoms with Crippen LogP contribution in [0.25, 0.3) is 0 Å². The first-order valence-electron chi connectivity index (χ1n) is 7.07. The molecule has 0 aliphatic heterocycles. The Hall–Kier alpha value is -1.28. The largest absolute Gasteiger partial charge is 0.389 e. The number of aryl methyl sites for hydroxylation is 1. The van der Waals surface area contributed by atoms with Gasteiger partial charge in [0, 0.05) is 43.3 Å². The number of imidazole rings is 1. The fourth-order valence-corrected chi connectivity index (χ4v) is 2.67. The lowest BCUT2D eigenvalue weighted by atomic mass is 10.3. The summed E-state index contributed by atoms with van der Waals surface area (Å²) in [5.41, 5.74) is 2.93. The van der Waals surface area contributed by atoms with E-state index in [9.17, 15) is 5.11 Å². The van der Waals surface area contributed by atoms with Crippen LogP contribution in [-0.4, -0.2) is 52.0 Å². The summed E-state index contributed by atoms with van der Waals surface area (Å²) < 4.78 is 7.49. The van der Waals surface area contributed by atoms with E-state index >= 15 is 0 Å². The minimum absolute atomic E-state index is 0.357. The van der Waals surface area contributed by atoms with Crippen LogP contribution in [0.2, 0.25) is 0 Å². The van der Waals surface area contributed by atoms with Gasteiger partial charge in [-0.3, -0.25) is 0 Å². The van der Waals surface area contributed by atoms with Crippen LogP contribution in [0.3, 0.4) is 0 Å². The molecule has 0 saturated heterocycles. The molecule has 21 heavy (non-hydrogen) atoms. The van der Waals surface area contributed by atoms with Crippen LogP contribution in [0.1, 0.15) is 10.6 Å². The molecule has 2 heterocycles. The molecule has 7 heteroatoms. The van der Waals surface area contributed by atoms with Crippen LogP contribution in [0.5, 0.6) is 0 Å². The molecule has 2 aromatic heterocycles. The fraction of sp³-hybridized carbons (Fsp3) is 0.571. The lowest BCUT2D eigenvalue weighted by Gasteiger charge is -2.12. The van der Waals surface area contributed by atoms with Crippen LogP contribution >= 0.6 is 11.3 Å². The van der Waals surface area contributed by atoms with E-state index in [0.29, 0.717) is 19.8 Å². The van der Waals surface area contributed by atoms with Gasteiger partial charge in [-0.05, 0) is 6.92 Å². The highest BCUT2D eigenvalue weighted by atomic mass is 32.1. The number of nitrogens with zero attached hydrogens (tertiary/aromatic N) is 3. The second-order valence-corrected chi connectivity index (χ2v) is 5.78. The number of thiazole rings is 1. The lowest BCUT2D eigenvalue weighted by molar-refractivity contribution is 0.0385. The maximum Gasteiger partial charge on any atom is 0.0946 e. The van der Waals surface area contributed by atoms with E-state index in [1.165, 1.54) is 4.88 Å². The number of hydrogen-bond acceptors (Lipinski definition) is 6. The molecule has 0 bridgehead atoms. The number of ether oxygens (including phenoxy) is 1. The van der Waals surface area contributed by atoms with Crippen molar-refractivity contribution in [3.05, 3.63) is 34.8 Å². The van der Waals surface area contributed by atoms with Crippen LogP contribution in [-0.2, 0) is 17.7 Å². The van der Waals surface area contributed by atoms with Crippen molar-refractivity contribution < 1.29 is 9.84 Å². The zero-order chi connectivity index (χ0) is 14.9. The van der Waals surface area contributed by atoms with Gasteiger partial charge in [-0.1, -0.05) is 0 Å². The fourth-order valence-electron chi connectivity index (χ4n) is 1.91. The third-order valence-corrected chi connectivity index (χ3v) is 4.11. The minimum Gasteiger partial charge on any atom is -0.389 e. The van der Waals surface area contributed by atoms with Crippen molar-refractivity contribution in [3.63, 3.8) is 0 Å². The summed E-state index contributed by atoms with van der Waals surface area (Å²) in [6.07, 6.45) is 5.84. The molecule has 2 rings (SSSR count). The van der Waals surface area contributed by atoms with Crippen molar-refractivity contribution in [1.29, 1.82) is 0 Å². The van der Waals surface area contributed by atoms with E-state index < -0.39 is 6.10 Å². The van der Waals surface area contributed by atoms with Crippen molar-refractivity contribution >= 4 is 11.3 Å². The molecule has 0 fully saturated rings. The summed E-state index contributed by atoms with van der Waals surface area (Å²) in [5, 5.41) is 13.0. The summed E-state index contributed by atoms with van der Waals surface area (Å²) >= 11 is 1.65. The van der Waals surface area contributed by atoms with Crippen molar-refractivity contribution in [2.75, 3.05) is 26.3 Å². The van der Waals surface area contributed by atoms with Gasteiger partial charge < -0.3 is 19.7 Å². The van der Waals surface area contributed by atoms with Crippen LogP contribution in [0.15, 0.2) is 24.2 Å². The second-order valence-electron chi connectivity index (χ2n) is 4.84. The van der Waals surface area contributed by atoms with Gasteiger partial charge in [0.1, 0.15) is 0 Å². The summed E-state index contributed by atoms with van der Waals surface area (Å²) in [4.78, 5) is 9.43. The van der Waals surface area contributed by atoms with Gasteiger partial charge in [0.2, 0.25) is 0 Å². The monoisotopic (exact) mass is 310 g/mol. The molecular weight excluding hydrogens is 288 g/mol. The van der Waals surface area contributed by atoms with Gasteiger partial charge in [-0.15, -0.1) is 11.3 Å². The number of aliphatic hydroxyl groups is 1. The molecule has 0 radical (unpaired) electrons. The molecule has 6 nitrogen and oxygen atoms in total. The number of hydrogen-bond donors (Lipinski definition) is 2. The van der Waals surface area contributed by atoms with Crippen LogP contribution in [0.4, 0.5) is 0 Å². The molecule has 0 spiro atoms. The van der Waals surface area contributed by atoms with Crippen molar-refractivity contribution in [2.45, 2.75) is 26.0 Å². The zero-order valence-electron chi connectivity index (χ0n) is 12.2. The number of aliphatic hydroxyl groups excluding tert-OH is 1. The average molecular weight is 310 g/mol. The molecular formula is C14H22N4O2S. The van der Waals surface area contributed by atoms with Gasteiger partial charge in [-0.25, -0.2) is 9.97 Å². The molecule has 0 saturated carbocycles. The van der Waals surface area contributed by atoms with Gasteiger partial charge in [0.25, 0.3) is 0 Å². The Morgan fingerprint density at radius 3 is 3.14 bits per heavy atom. The van der Waals surface area contributed by atoms with Crippen molar-refractivity contribution in [3.8, 4) is 0 Å². The van der Waals surface area contributed by atoms with Crippen LogP contribution in [0, 0.1) is 6.92 Å². The molecule has 2 N–H and O–H groups in total. The minimum atomic E-state index is -0.477. The Kier molecular flexibility index (Phi) is 6.81. The van der Waals surface area contributed by atoms with E-state index in [4.69, 9.17) is 4.74 Å². The lowest BCUT2D eigenvalue weighted by Crippen LogP contribution is -2.32. The molecule has 0 aliphatic rings. The maximum absolute atomic E-state index is 9.80. The van der Waals surface area contributed by atoms with E-state index in [2.05, 4.69) is 15.3 Å². The first-order valence-corrected chi connectivity index (χ1v) is 7.95. The van der Waals surface area contributed by atoms with Gasteiger partial charge >= 0.3 is 0 Å². The number of nitrogens with one attached hydrogen (secondary N) is 1. The van der Waals surface area contributed by atoms with Gasteiger partial charge in [-0.2, -0.15) is 0 Å². The van der Waals surface area contributed by atoms with E-state index in [-0.39, 0.29) is 0 Å². The van der Waals surface area contributed by atoms with Gasteiger partial charge in [0.15, 0.2) is 0 Å². The number of rotatable bonds is 10. The highest BCUT2D eigenvalue weighted by molar-refractivity contribution is 7.09. The summed E-state index contributed by atoms with van der Waals surface area (Å²) in [5.74, 6) is 0. The van der Waals surface area contributed by atoms with Gasteiger partial charge in [0.05, 0.1) is 36.8 Å². The quantitative estimate of drug-likeness (QED) is 0.637. The third-order valence-electron chi connectivity index (χ3n) is 3.11. The predicted octanol–water partition coefficient (Wildman–Crippen LogP) is 0.858. The van der Waals surface area contributed by atoms with E-state index in [0.717, 1.165) is 25.2 Å². The molecule has 0 aliphatic carbocycles. The third kappa shape index (κ3) is 5.92. The predicted molar refractivity (Wildman–Crippen MR) is 82.5 cm³/mol. The van der Waals surface area contributed by atoms with E-state index in [1.807, 2.05) is 23.2 Å². The first kappa shape index (κ1) is 16.1. The Bertz CT molecular complexity index is 501. The average Bonchev–Trinajstić information content (AvgIpc) is 3.12. The summed E-state index contributed by atoms with van der Waals surface area (Å²) in [6, 6.07) is 0.